The van der Waals surface area contributed by atoms with E-state index >= 15 is 0 Å². The van der Waals surface area contributed by atoms with E-state index in [4.69, 9.17) is 23.5 Å². The molecule has 2 bridgehead atoms. The van der Waals surface area contributed by atoms with Gasteiger partial charge in [0.15, 0.2) is 0 Å². The van der Waals surface area contributed by atoms with E-state index in [1.807, 2.05) is 60.6 Å². The second-order valence-corrected chi connectivity index (χ2v) is 17.9. The predicted octanol–water partition coefficient (Wildman–Crippen LogP) is 6.60. The summed E-state index contributed by atoms with van der Waals surface area (Å²) in [5.74, 6) is 1.25. The number of ether oxygens (including phenoxy) is 3. The Balaban J connectivity index is 1.08. The average Bonchev–Trinajstić information content (AvgIpc) is 3.55. The third-order valence-electron chi connectivity index (χ3n) is 11.7. The van der Waals surface area contributed by atoms with E-state index in [1.54, 1.807) is 9.80 Å². The van der Waals surface area contributed by atoms with Crippen molar-refractivity contribution in [2.24, 2.45) is 17.3 Å². The molecule has 3 aliphatic carbocycles. The topological polar surface area (TPSA) is 104 Å². The molecule has 6 aliphatic rings. The number of amides is 2. The van der Waals surface area contributed by atoms with Crippen LogP contribution in [-0.4, -0.2) is 89.6 Å². The summed E-state index contributed by atoms with van der Waals surface area (Å²) in [6, 6.07) is 3.72. The zero-order valence-corrected chi connectivity index (χ0v) is 31.4. The highest BCUT2D eigenvalue weighted by Gasteiger charge is 2.67. The van der Waals surface area contributed by atoms with Gasteiger partial charge in [-0.2, -0.15) is 0 Å². The van der Waals surface area contributed by atoms with Crippen molar-refractivity contribution in [1.82, 2.24) is 9.80 Å². The van der Waals surface area contributed by atoms with Crippen molar-refractivity contribution in [3.8, 4) is 5.75 Å². The number of carbonyl (C=O) groups excluding carboxylic acids is 3. The minimum atomic E-state index is -0.671. The SMILES string of the molecule is Cc1c(CCB2O[C@@H]3C[C@@H]4C[C@@H](C4(C)C)[C@]3(C)O2)ccc(OC2CN(C(=O)CC3CCCN3C(=O)OC(C)(C)C)C2)c1C(=O)OC(C)(C)C. The number of esters is 1. The Morgan fingerprint density at radius 3 is 2.35 bits per heavy atom. The van der Waals surface area contributed by atoms with Gasteiger partial charge in [-0.3, -0.25) is 4.79 Å². The van der Waals surface area contributed by atoms with Crippen LogP contribution in [0.25, 0.3) is 0 Å². The molecule has 3 saturated heterocycles. The first-order valence-electron chi connectivity index (χ1n) is 18.4. The first kappa shape index (κ1) is 36.0. The van der Waals surface area contributed by atoms with Crippen LogP contribution in [0.2, 0.25) is 6.32 Å². The third kappa shape index (κ3) is 7.21. The van der Waals surface area contributed by atoms with Crippen LogP contribution in [0.5, 0.6) is 5.75 Å². The monoisotopic (exact) mass is 680 g/mol. The van der Waals surface area contributed by atoms with E-state index < -0.39 is 17.2 Å². The highest BCUT2D eigenvalue weighted by atomic mass is 16.7. The minimum Gasteiger partial charge on any atom is -0.486 e. The lowest BCUT2D eigenvalue weighted by molar-refractivity contribution is -0.199. The van der Waals surface area contributed by atoms with Crippen molar-refractivity contribution in [2.75, 3.05) is 19.6 Å². The maximum atomic E-state index is 13.6. The van der Waals surface area contributed by atoms with Crippen molar-refractivity contribution in [2.45, 2.75) is 149 Å². The van der Waals surface area contributed by atoms with Gasteiger partial charge in [0.1, 0.15) is 28.6 Å². The number of likely N-dealkylation sites (tertiary alicyclic amines) is 2. The summed E-state index contributed by atoms with van der Waals surface area (Å²) in [4.78, 5) is 42.9. The number of hydrogen-bond acceptors (Lipinski definition) is 8. The zero-order chi connectivity index (χ0) is 35.7. The maximum absolute atomic E-state index is 13.6. The second-order valence-electron chi connectivity index (χ2n) is 17.9. The van der Waals surface area contributed by atoms with Gasteiger partial charge in [-0.25, -0.2) is 9.59 Å². The van der Waals surface area contributed by atoms with Crippen molar-refractivity contribution < 1.29 is 37.9 Å². The maximum Gasteiger partial charge on any atom is 0.457 e. The summed E-state index contributed by atoms with van der Waals surface area (Å²) in [6.07, 6.45) is 5.08. The number of carbonyl (C=O) groups is 3. The molecule has 0 spiro atoms. The largest absolute Gasteiger partial charge is 0.486 e. The normalized spacial score (nSPS) is 29.2. The highest BCUT2D eigenvalue weighted by molar-refractivity contribution is 6.45. The van der Waals surface area contributed by atoms with Crippen molar-refractivity contribution in [1.29, 1.82) is 0 Å². The Labute approximate surface area is 293 Å². The Hall–Kier alpha value is -2.79. The van der Waals surface area contributed by atoms with Crippen LogP contribution in [0, 0.1) is 24.2 Å². The van der Waals surface area contributed by atoms with Crippen LogP contribution in [0.4, 0.5) is 4.79 Å². The lowest BCUT2D eigenvalue weighted by atomic mass is 9.43. The van der Waals surface area contributed by atoms with E-state index in [0.29, 0.717) is 60.9 Å². The molecule has 2 amide bonds. The molecule has 1 aromatic carbocycles. The molecule has 0 radical (unpaired) electrons. The van der Waals surface area contributed by atoms with E-state index in [9.17, 15) is 14.4 Å². The van der Waals surface area contributed by atoms with Gasteiger partial charge in [-0.15, -0.1) is 0 Å². The highest BCUT2D eigenvalue weighted by Crippen LogP contribution is 2.65. The van der Waals surface area contributed by atoms with Crippen molar-refractivity contribution in [3.05, 3.63) is 28.8 Å². The number of benzene rings is 1. The van der Waals surface area contributed by atoms with Crippen molar-refractivity contribution in [3.63, 3.8) is 0 Å². The minimum absolute atomic E-state index is 0.00924. The van der Waals surface area contributed by atoms with E-state index in [2.05, 4.69) is 20.8 Å². The van der Waals surface area contributed by atoms with Gasteiger partial charge < -0.3 is 33.3 Å². The van der Waals surface area contributed by atoms with E-state index in [1.165, 1.54) is 6.42 Å². The molecule has 5 atom stereocenters. The first-order chi connectivity index (χ1) is 22.7. The standard InChI is InChI=1S/C38H57BN2O8/c1-23-24(15-16-39-48-30-19-25-18-29(37(25,8)9)38(30,10)49-39)13-14-28(32(23)33(43)46-35(2,3)4)45-27-21-40(22-27)31(42)20-26-12-11-17-41(26)34(44)47-36(5,6)7/h13-14,25-27,29-30H,11-12,15-22H2,1-10H3/t25-,26?,29-,30+,38-/m0/s1. The molecule has 49 heavy (non-hydrogen) atoms. The summed E-state index contributed by atoms with van der Waals surface area (Å²) in [5, 5.41) is 0. The third-order valence-corrected chi connectivity index (χ3v) is 11.7. The van der Waals surface area contributed by atoms with Crippen LogP contribution < -0.4 is 4.74 Å². The van der Waals surface area contributed by atoms with Crippen LogP contribution >= 0.6 is 0 Å². The Bertz CT molecular complexity index is 1460. The van der Waals surface area contributed by atoms with Crippen LogP contribution in [0.1, 0.15) is 116 Å². The fourth-order valence-corrected chi connectivity index (χ4v) is 8.87. The molecule has 1 unspecified atom stereocenters. The van der Waals surface area contributed by atoms with Gasteiger partial charge in [0.25, 0.3) is 0 Å². The molecule has 3 aliphatic heterocycles. The Kier molecular flexibility index (Phi) is 9.38. The van der Waals surface area contributed by atoms with Gasteiger partial charge >= 0.3 is 19.2 Å². The smallest absolute Gasteiger partial charge is 0.457 e. The zero-order valence-electron chi connectivity index (χ0n) is 31.4. The molecule has 0 aromatic heterocycles. The summed E-state index contributed by atoms with van der Waals surface area (Å²) < 4.78 is 30.9. The summed E-state index contributed by atoms with van der Waals surface area (Å²) >= 11 is 0. The summed E-state index contributed by atoms with van der Waals surface area (Å²) in [6.45, 7) is 21.5. The van der Waals surface area contributed by atoms with Gasteiger partial charge in [-0.05, 0) is 128 Å². The Morgan fingerprint density at radius 2 is 1.69 bits per heavy atom. The lowest BCUT2D eigenvalue weighted by Crippen LogP contribution is -2.65. The van der Waals surface area contributed by atoms with Gasteiger partial charge in [-0.1, -0.05) is 19.9 Å². The molecule has 3 saturated carbocycles. The van der Waals surface area contributed by atoms with Gasteiger partial charge in [0, 0.05) is 19.0 Å². The van der Waals surface area contributed by atoms with Crippen LogP contribution in [0.15, 0.2) is 12.1 Å². The molecule has 10 nitrogen and oxygen atoms in total. The molecule has 7 rings (SSSR count). The molecule has 1 aromatic rings. The molecule has 11 heteroatoms. The van der Waals surface area contributed by atoms with Gasteiger partial charge in [0.05, 0.1) is 24.8 Å². The average molecular weight is 681 g/mol. The first-order valence-corrected chi connectivity index (χ1v) is 18.4. The molecular formula is C38H57BN2O8. The molecule has 0 N–H and O–H groups in total. The fraction of sp³-hybridized carbons (Fsp3) is 0.763. The molecule has 270 valence electrons. The van der Waals surface area contributed by atoms with Crippen LogP contribution in [-0.2, 0) is 30.0 Å². The van der Waals surface area contributed by atoms with Crippen molar-refractivity contribution >= 4 is 25.1 Å². The van der Waals surface area contributed by atoms with Gasteiger partial charge in [0.2, 0.25) is 5.91 Å². The lowest BCUT2D eigenvalue weighted by Gasteiger charge is -2.64. The van der Waals surface area contributed by atoms with E-state index in [0.717, 1.165) is 30.4 Å². The van der Waals surface area contributed by atoms with Crippen LogP contribution in [0.3, 0.4) is 0 Å². The van der Waals surface area contributed by atoms with E-state index in [-0.39, 0.29) is 49.4 Å². The summed E-state index contributed by atoms with van der Waals surface area (Å²) in [5.41, 5.74) is 1.07. The predicted molar refractivity (Wildman–Crippen MR) is 187 cm³/mol. The number of rotatable bonds is 8. The summed E-state index contributed by atoms with van der Waals surface area (Å²) in [7, 11) is -0.274. The quantitative estimate of drug-likeness (QED) is 0.224. The molecule has 3 heterocycles. The molecular weight excluding hydrogens is 623 g/mol. The molecule has 6 fully saturated rings. The number of hydrogen-bond donors (Lipinski definition) is 0. The number of nitrogens with zero attached hydrogens (tertiary/aromatic N) is 2. The Morgan fingerprint density at radius 1 is 1.00 bits per heavy atom. The number of aryl methyl sites for hydroxylation is 1. The second kappa shape index (κ2) is 12.8. The fourth-order valence-electron chi connectivity index (χ4n) is 8.87.